The average molecular weight is 300 g/mol. The molecule has 0 aliphatic rings. The maximum Gasteiger partial charge on any atom is 0.128 e. The van der Waals surface area contributed by atoms with Gasteiger partial charge in [0.2, 0.25) is 0 Å². The van der Waals surface area contributed by atoms with E-state index < -0.39 is 0 Å². The first-order valence-electron chi connectivity index (χ1n) is 7.41. The molecule has 0 fully saturated rings. The molecule has 2 rings (SSSR count). The van der Waals surface area contributed by atoms with Gasteiger partial charge < -0.3 is 4.74 Å². The number of hydrogen-bond acceptors (Lipinski definition) is 3. The highest BCUT2D eigenvalue weighted by Gasteiger charge is 2.04. The Morgan fingerprint density at radius 2 is 1.95 bits per heavy atom. The average Bonchev–Trinajstić information content (AvgIpc) is 2.50. The quantitative estimate of drug-likeness (QED) is 0.594. The van der Waals surface area contributed by atoms with Crippen molar-refractivity contribution in [1.29, 1.82) is 0 Å². The summed E-state index contributed by atoms with van der Waals surface area (Å²) in [6, 6.07) is 14.0. The minimum absolute atomic E-state index is 0.308. The van der Waals surface area contributed by atoms with Crippen LogP contribution in [0.4, 0.5) is 10.1 Å². The van der Waals surface area contributed by atoms with E-state index in [1.807, 2.05) is 30.3 Å². The summed E-state index contributed by atoms with van der Waals surface area (Å²) in [5, 5.41) is 4.14. The van der Waals surface area contributed by atoms with E-state index in [-0.39, 0.29) is 5.82 Å². The first kappa shape index (κ1) is 16.0. The zero-order valence-electron chi connectivity index (χ0n) is 12.9. The van der Waals surface area contributed by atoms with Crippen molar-refractivity contribution in [1.82, 2.24) is 0 Å². The summed E-state index contributed by atoms with van der Waals surface area (Å²) >= 11 is 0. The van der Waals surface area contributed by atoms with Crippen LogP contribution < -0.4 is 10.2 Å². The Bertz CT molecular complexity index is 612. The maximum atomic E-state index is 13.4. The molecule has 2 aromatic rings. The summed E-state index contributed by atoms with van der Waals surface area (Å²) in [4.78, 5) is 0. The largest absolute Gasteiger partial charge is 0.493 e. The second-order valence-corrected chi connectivity index (χ2v) is 5.45. The second kappa shape index (κ2) is 8.17. The molecule has 22 heavy (non-hydrogen) atoms. The lowest BCUT2D eigenvalue weighted by Gasteiger charge is -2.10. The Morgan fingerprint density at radius 3 is 2.68 bits per heavy atom. The van der Waals surface area contributed by atoms with Gasteiger partial charge in [-0.3, -0.25) is 5.43 Å². The second-order valence-electron chi connectivity index (χ2n) is 5.45. The van der Waals surface area contributed by atoms with Gasteiger partial charge in [0.05, 0.1) is 18.5 Å². The van der Waals surface area contributed by atoms with Gasteiger partial charge in [0.15, 0.2) is 0 Å². The minimum Gasteiger partial charge on any atom is -0.493 e. The topological polar surface area (TPSA) is 33.6 Å². The summed E-state index contributed by atoms with van der Waals surface area (Å²) in [7, 11) is 0. The van der Waals surface area contributed by atoms with E-state index >= 15 is 0 Å². The highest BCUT2D eigenvalue weighted by Crippen LogP contribution is 2.19. The molecule has 0 saturated carbocycles. The molecule has 116 valence electrons. The molecule has 0 spiro atoms. The molecule has 0 amide bonds. The molecule has 0 atom stereocenters. The van der Waals surface area contributed by atoms with Crippen LogP contribution in [0.5, 0.6) is 5.75 Å². The van der Waals surface area contributed by atoms with Crippen molar-refractivity contribution < 1.29 is 9.13 Å². The van der Waals surface area contributed by atoms with Gasteiger partial charge in [-0.2, -0.15) is 5.10 Å². The van der Waals surface area contributed by atoms with Crippen LogP contribution in [-0.2, 0) is 0 Å². The zero-order chi connectivity index (χ0) is 15.8. The van der Waals surface area contributed by atoms with E-state index in [1.165, 1.54) is 12.1 Å². The molecule has 0 aliphatic carbocycles. The molecule has 0 bridgehead atoms. The monoisotopic (exact) mass is 300 g/mol. The summed E-state index contributed by atoms with van der Waals surface area (Å²) in [6.07, 6.45) is 2.52. The number of benzene rings is 2. The third-order valence-electron chi connectivity index (χ3n) is 3.10. The van der Waals surface area contributed by atoms with E-state index in [4.69, 9.17) is 4.74 Å². The molecule has 2 aromatic carbocycles. The van der Waals surface area contributed by atoms with Crippen molar-refractivity contribution in [2.24, 2.45) is 11.0 Å². The SMILES string of the molecule is CC(C)CCOc1ccc(F)cc1C=NNc1ccccc1. The Labute approximate surface area is 130 Å². The van der Waals surface area contributed by atoms with Gasteiger partial charge in [-0.1, -0.05) is 32.0 Å². The summed E-state index contributed by atoms with van der Waals surface area (Å²) in [6.45, 7) is 4.89. The Hall–Kier alpha value is -2.36. The van der Waals surface area contributed by atoms with Crippen LogP contribution in [0, 0.1) is 11.7 Å². The number of hydrazone groups is 1. The summed E-state index contributed by atoms with van der Waals surface area (Å²) < 4.78 is 19.1. The fraction of sp³-hybridized carbons (Fsp3) is 0.278. The van der Waals surface area contributed by atoms with Gasteiger partial charge in [0.1, 0.15) is 11.6 Å². The number of anilines is 1. The number of para-hydroxylation sites is 1. The van der Waals surface area contributed by atoms with Gasteiger partial charge in [-0.25, -0.2) is 4.39 Å². The first-order valence-corrected chi connectivity index (χ1v) is 7.41. The van der Waals surface area contributed by atoms with Crippen LogP contribution in [0.1, 0.15) is 25.8 Å². The van der Waals surface area contributed by atoms with E-state index in [9.17, 15) is 4.39 Å². The molecular weight excluding hydrogens is 279 g/mol. The first-order chi connectivity index (χ1) is 10.6. The van der Waals surface area contributed by atoms with Gasteiger partial charge in [-0.15, -0.1) is 0 Å². The molecule has 0 radical (unpaired) electrons. The normalized spacial score (nSPS) is 11.1. The number of nitrogens with one attached hydrogen (secondary N) is 1. The van der Waals surface area contributed by atoms with Crippen LogP contribution in [0.25, 0.3) is 0 Å². The number of nitrogens with zero attached hydrogens (tertiary/aromatic N) is 1. The lowest BCUT2D eigenvalue weighted by atomic mass is 10.1. The molecule has 0 aromatic heterocycles. The highest BCUT2D eigenvalue weighted by atomic mass is 19.1. The molecule has 0 unspecified atom stereocenters. The number of halogens is 1. The van der Waals surface area contributed by atoms with E-state index in [0.29, 0.717) is 23.8 Å². The van der Waals surface area contributed by atoms with Crippen LogP contribution in [0.2, 0.25) is 0 Å². The number of ether oxygens (including phenoxy) is 1. The van der Waals surface area contributed by atoms with Crippen LogP contribution >= 0.6 is 0 Å². The fourth-order valence-corrected chi connectivity index (χ4v) is 1.85. The molecule has 0 heterocycles. The molecule has 4 heteroatoms. The minimum atomic E-state index is -0.308. The van der Waals surface area contributed by atoms with Crippen molar-refractivity contribution in [3.05, 3.63) is 59.9 Å². The van der Waals surface area contributed by atoms with Crippen molar-refractivity contribution in [2.75, 3.05) is 12.0 Å². The van der Waals surface area contributed by atoms with Crippen LogP contribution in [-0.4, -0.2) is 12.8 Å². The Balaban J connectivity index is 2.03. The molecule has 0 saturated heterocycles. The van der Waals surface area contributed by atoms with Gasteiger partial charge in [0, 0.05) is 5.56 Å². The van der Waals surface area contributed by atoms with Crippen molar-refractivity contribution in [3.63, 3.8) is 0 Å². The van der Waals surface area contributed by atoms with Crippen molar-refractivity contribution in [2.45, 2.75) is 20.3 Å². The predicted octanol–water partition coefficient (Wildman–Crippen LogP) is 4.70. The van der Waals surface area contributed by atoms with Crippen molar-refractivity contribution >= 4 is 11.9 Å². The number of hydrogen-bond donors (Lipinski definition) is 1. The van der Waals surface area contributed by atoms with E-state index in [0.717, 1.165) is 12.1 Å². The van der Waals surface area contributed by atoms with Crippen LogP contribution in [0.3, 0.4) is 0 Å². The fourth-order valence-electron chi connectivity index (χ4n) is 1.85. The third kappa shape index (κ3) is 5.20. The lowest BCUT2D eigenvalue weighted by Crippen LogP contribution is -2.04. The highest BCUT2D eigenvalue weighted by molar-refractivity contribution is 5.84. The third-order valence-corrected chi connectivity index (χ3v) is 3.10. The molecular formula is C18H21FN2O. The van der Waals surface area contributed by atoms with E-state index in [1.54, 1.807) is 12.3 Å². The lowest BCUT2D eigenvalue weighted by molar-refractivity contribution is 0.289. The Morgan fingerprint density at radius 1 is 1.18 bits per heavy atom. The van der Waals surface area contributed by atoms with Crippen LogP contribution in [0.15, 0.2) is 53.6 Å². The van der Waals surface area contributed by atoms with Gasteiger partial charge in [-0.05, 0) is 42.7 Å². The Kier molecular flexibility index (Phi) is 5.95. The van der Waals surface area contributed by atoms with E-state index in [2.05, 4.69) is 24.4 Å². The zero-order valence-corrected chi connectivity index (χ0v) is 12.9. The molecule has 1 N–H and O–H groups in total. The summed E-state index contributed by atoms with van der Waals surface area (Å²) in [5.41, 5.74) is 4.40. The standard InChI is InChI=1S/C18H21FN2O/c1-14(2)10-11-22-18-9-8-16(19)12-15(18)13-20-21-17-6-4-3-5-7-17/h3-9,12-14,21H,10-11H2,1-2H3. The van der Waals surface area contributed by atoms with Gasteiger partial charge in [0.25, 0.3) is 0 Å². The maximum absolute atomic E-state index is 13.4. The van der Waals surface area contributed by atoms with Crippen molar-refractivity contribution in [3.8, 4) is 5.75 Å². The molecule has 0 aliphatic heterocycles. The molecule has 3 nitrogen and oxygen atoms in total. The predicted molar refractivity (Wildman–Crippen MR) is 89.0 cm³/mol. The summed E-state index contributed by atoms with van der Waals surface area (Å²) in [5.74, 6) is 0.898. The van der Waals surface area contributed by atoms with Gasteiger partial charge >= 0.3 is 0 Å². The smallest absolute Gasteiger partial charge is 0.128 e. The number of rotatable bonds is 7.